The predicted molar refractivity (Wildman–Crippen MR) is 119 cm³/mol. The fourth-order valence-corrected chi connectivity index (χ4v) is 3.99. The molecule has 2 aromatic carbocycles. The highest BCUT2D eigenvalue weighted by molar-refractivity contribution is 7.98. The number of carbonyl (C=O) groups excluding carboxylic acids is 2. The minimum absolute atomic E-state index is 0.0376. The van der Waals surface area contributed by atoms with Gasteiger partial charge < -0.3 is 10.2 Å². The summed E-state index contributed by atoms with van der Waals surface area (Å²) < 4.78 is 0. The van der Waals surface area contributed by atoms with Crippen LogP contribution in [0.3, 0.4) is 0 Å². The zero-order chi connectivity index (χ0) is 20.6. The summed E-state index contributed by atoms with van der Waals surface area (Å²) in [4.78, 5) is 30.4. The van der Waals surface area contributed by atoms with Crippen molar-refractivity contribution in [2.45, 2.75) is 24.3 Å². The van der Waals surface area contributed by atoms with Crippen LogP contribution in [0.4, 0.5) is 5.69 Å². The second kappa shape index (κ2) is 10.5. The molecule has 1 fully saturated rings. The maximum atomic E-state index is 12.7. The summed E-state index contributed by atoms with van der Waals surface area (Å²) in [7, 11) is 1.84. The van der Waals surface area contributed by atoms with E-state index < -0.39 is 0 Å². The zero-order valence-corrected chi connectivity index (χ0v) is 18.0. The van der Waals surface area contributed by atoms with Crippen molar-refractivity contribution in [3.8, 4) is 0 Å². The molecule has 5 nitrogen and oxygen atoms in total. The van der Waals surface area contributed by atoms with Crippen molar-refractivity contribution >= 4 is 29.3 Å². The molecular weight excluding hydrogens is 382 g/mol. The molecule has 0 spiro atoms. The van der Waals surface area contributed by atoms with Gasteiger partial charge >= 0.3 is 0 Å². The highest BCUT2D eigenvalue weighted by Crippen LogP contribution is 2.19. The van der Waals surface area contributed by atoms with E-state index in [0.29, 0.717) is 19.6 Å². The number of nitrogens with one attached hydrogen (secondary N) is 1. The Kier molecular flexibility index (Phi) is 7.72. The summed E-state index contributed by atoms with van der Waals surface area (Å²) in [6, 6.07) is 17.8. The molecule has 0 unspecified atom stereocenters. The quantitative estimate of drug-likeness (QED) is 0.706. The van der Waals surface area contributed by atoms with Gasteiger partial charge in [-0.15, -0.1) is 11.8 Å². The number of rotatable bonds is 7. The molecule has 1 N–H and O–H groups in total. The molecule has 1 heterocycles. The van der Waals surface area contributed by atoms with E-state index in [1.54, 1.807) is 16.7 Å². The van der Waals surface area contributed by atoms with Gasteiger partial charge in [0.05, 0.1) is 12.5 Å². The third kappa shape index (κ3) is 6.34. The number of benzene rings is 2. The fourth-order valence-electron chi connectivity index (χ4n) is 3.58. The average molecular weight is 412 g/mol. The average Bonchev–Trinajstić information content (AvgIpc) is 2.75. The van der Waals surface area contributed by atoms with Crippen molar-refractivity contribution in [2.75, 3.05) is 38.3 Å². The number of hydrogen-bond acceptors (Lipinski definition) is 4. The summed E-state index contributed by atoms with van der Waals surface area (Å²) in [6.07, 6.45) is 3.84. The molecule has 6 heteroatoms. The number of anilines is 1. The first-order valence-electron chi connectivity index (χ1n) is 10.0. The van der Waals surface area contributed by atoms with Crippen LogP contribution in [0.25, 0.3) is 0 Å². The number of para-hydroxylation sites is 1. The lowest BCUT2D eigenvalue weighted by molar-refractivity contribution is -0.133. The summed E-state index contributed by atoms with van der Waals surface area (Å²) in [5.41, 5.74) is 1.94. The van der Waals surface area contributed by atoms with E-state index in [4.69, 9.17) is 0 Å². The largest absolute Gasteiger partial charge is 0.340 e. The Morgan fingerprint density at radius 3 is 2.55 bits per heavy atom. The first kappa shape index (κ1) is 21.4. The van der Waals surface area contributed by atoms with E-state index in [0.717, 1.165) is 30.6 Å². The lowest BCUT2D eigenvalue weighted by Gasteiger charge is -2.32. The van der Waals surface area contributed by atoms with Gasteiger partial charge in [-0.2, -0.15) is 0 Å². The molecule has 1 aliphatic heterocycles. The third-order valence-corrected chi connectivity index (χ3v) is 6.02. The van der Waals surface area contributed by atoms with Crippen LogP contribution in [0.1, 0.15) is 18.4 Å². The lowest BCUT2D eigenvalue weighted by atomic mass is 9.97. The first-order chi connectivity index (χ1) is 14.0. The Balaban J connectivity index is 1.49. The maximum absolute atomic E-state index is 12.7. The number of carbonyl (C=O) groups is 2. The van der Waals surface area contributed by atoms with Crippen molar-refractivity contribution in [1.82, 2.24) is 9.80 Å². The molecule has 0 bridgehead atoms. The van der Waals surface area contributed by atoms with Crippen LogP contribution in [-0.2, 0) is 16.1 Å². The van der Waals surface area contributed by atoms with Gasteiger partial charge in [0.2, 0.25) is 11.8 Å². The molecule has 2 amide bonds. The Labute approximate surface area is 177 Å². The van der Waals surface area contributed by atoms with Crippen LogP contribution in [0, 0.1) is 5.92 Å². The minimum atomic E-state index is -0.0823. The molecule has 1 aliphatic rings. The van der Waals surface area contributed by atoms with Crippen LogP contribution in [0.5, 0.6) is 0 Å². The van der Waals surface area contributed by atoms with E-state index in [1.165, 1.54) is 4.90 Å². The Morgan fingerprint density at radius 2 is 1.86 bits per heavy atom. The van der Waals surface area contributed by atoms with E-state index in [1.807, 2.05) is 37.4 Å². The molecule has 0 saturated carbocycles. The highest BCUT2D eigenvalue weighted by atomic mass is 32.2. The van der Waals surface area contributed by atoms with Crippen LogP contribution in [0.15, 0.2) is 59.5 Å². The topological polar surface area (TPSA) is 52.7 Å². The van der Waals surface area contributed by atoms with Gasteiger partial charge in [-0.05, 0) is 55.5 Å². The van der Waals surface area contributed by atoms with Gasteiger partial charge in [0.1, 0.15) is 0 Å². The van der Waals surface area contributed by atoms with Crippen molar-refractivity contribution in [3.05, 3.63) is 60.2 Å². The number of piperidine rings is 1. The second-order valence-corrected chi connectivity index (χ2v) is 8.41. The molecule has 1 saturated heterocycles. The number of likely N-dealkylation sites (tertiary alicyclic amines) is 1. The molecule has 1 atom stereocenters. The Morgan fingerprint density at radius 1 is 1.14 bits per heavy atom. The van der Waals surface area contributed by atoms with Gasteiger partial charge in [-0.1, -0.05) is 30.3 Å². The summed E-state index contributed by atoms with van der Waals surface area (Å²) >= 11 is 1.71. The van der Waals surface area contributed by atoms with Crippen molar-refractivity contribution in [3.63, 3.8) is 0 Å². The Hall–Kier alpha value is -2.31. The molecule has 0 radical (unpaired) electrons. The molecule has 3 rings (SSSR count). The van der Waals surface area contributed by atoms with Crippen molar-refractivity contribution in [1.29, 1.82) is 0 Å². The van der Waals surface area contributed by atoms with Gasteiger partial charge in [0.25, 0.3) is 0 Å². The smallest absolute Gasteiger partial charge is 0.236 e. The number of thioether (sulfide) groups is 1. The predicted octanol–water partition coefficient (Wildman–Crippen LogP) is 3.72. The number of likely N-dealkylation sites (N-methyl/N-ethyl adjacent to an activating group) is 1. The number of nitrogens with zero attached hydrogens (tertiary/aromatic N) is 2. The molecule has 2 aromatic rings. The van der Waals surface area contributed by atoms with E-state index in [2.05, 4.69) is 40.7 Å². The summed E-state index contributed by atoms with van der Waals surface area (Å²) in [6.45, 7) is 2.44. The molecule has 154 valence electrons. The zero-order valence-electron chi connectivity index (χ0n) is 17.1. The standard InChI is InChI=1S/C23H29N3O2S/c1-25(15-18-10-12-21(29-2)13-11-18)22(27)17-26-14-6-7-19(16-26)23(28)24-20-8-4-3-5-9-20/h3-5,8-13,19H,6-7,14-17H2,1-2H3,(H,24,28)/t19-/m1/s1. The lowest BCUT2D eigenvalue weighted by Crippen LogP contribution is -2.45. The normalized spacial score (nSPS) is 17.0. The van der Waals surface area contributed by atoms with E-state index in [-0.39, 0.29) is 17.7 Å². The van der Waals surface area contributed by atoms with E-state index in [9.17, 15) is 9.59 Å². The van der Waals surface area contributed by atoms with Crippen LogP contribution in [0.2, 0.25) is 0 Å². The van der Waals surface area contributed by atoms with Gasteiger partial charge in [0, 0.05) is 30.7 Å². The van der Waals surface area contributed by atoms with Gasteiger partial charge in [0.15, 0.2) is 0 Å². The van der Waals surface area contributed by atoms with Crippen molar-refractivity contribution in [2.24, 2.45) is 5.92 Å². The summed E-state index contributed by atoms with van der Waals surface area (Å²) in [5.74, 6) is 0.0415. The fraction of sp³-hybridized carbons (Fsp3) is 0.391. The van der Waals surface area contributed by atoms with Gasteiger partial charge in [-0.25, -0.2) is 0 Å². The third-order valence-electron chi connectivity index (χ3n) is 5.28. The van der Waals surface area contributed by atoms with Crippen LogP contribution in [-0.4, -0.2) is 54.6 Å². The number of amides is 2. The van der Waals surface area contributed by atoms with E-state index >= 15 is 0 Å². The van der Waals surface area contributed by atoms with Crippen molar-refractivity contribution < 1.29 is 9.59 Å². The minimum Gasteiger partial charge on any atom is -0.340 e. The molecule has 0 aliphatic carbocycles. The summed E-state index contributed by atoms with van der Waals surface area (Å²) in [5, 5.41) is 2.99. The molecule has 29 heavy (non-hydrogen) atoms. The first-order valence-corrected chi connectivity index (χ1v) is 11.2. The highest BCUT2D eigenvalue weighted by Gasteiger charge is 2.27. The SMILES string of the molecule is CSc1ccc(CN(C)C(=O)CN2CCC[C@@H](C(=O)Nc3ccccc3)C2)cc1. The van der Waals surface area contributed by atoms with Crippen LogP contribution >= 0.6 is 11.8 Å². The Bertz CT molecular complexity index is 811. The maximum Gasteiger partial charge on any atom is 0.236 e. The second-order valence-electron chi connectivity index (χ2n) is 7.53. The van der Waals surface area contributed by atoms with Gasteiger partial charge in [-0.3, -0.25) is 14.5 Å². The number of hydrogen-bond donors (Lipinski definition) is 1. The van der Waals surface area contributed by atoms with Crippen LogP contribution < -0.4 is 5.32 Å². The molecular formula is C23H29N3O2S. The molecule has 0 aromatic heterocycles. The monoisotopic (exact) mass is 411 g/mol.